The number of para-hydroxylation sites is 2. The van der Waals surface area contributed by atoms with Gasteiger partial charge in [-0.1, -0.05) is 42.1 Å². The first kappa shape index (κ1) is 19.3. The summed E-state index contributed by atoms with van der Waals surface area (Å²) in [5, 5.41) is 20.2. The maximum atomic E-state index is 13.8. The van der Waals surface area contributed by atoms with Crippen LogP contribution in [0.3, 0.4) is 0 Å². The molecule has 0 spiro atoms. The zero-order valence-corrected chi connectivity index (χ0v) is 15.6. The summed E-state index contributed by atoms with van der Waals surface area (Å²) in [7, 11) is 0. The highest BCUT2D eigenvalue weighted by Gasteiger charge is 2.15. The molecule has 0 atom stereocenters. The number of benzene rings is 2. The number of thioether (sulfide) groups is 1. The molecule has 142 valence electrons. The van der Waals surface area contributed by atoms with Crippen molar-refractivity contribution in [1.82, 2.24) is 14.8 Å². The predicted molar refractivity (Wildman–Crippen MR) is 102 cm³/mol. The fourth-order valence-corrected chi connectivity index (χ4v) is 3.40. The Labute approximate surface area is 161 Å². The smallest absolute Gasteiger partial charge is 0.196 e. The van der Waals surface area contributed by atoms with E-state index in [-0.39, 0.29) is 19.0 Å². The minimum atomic E-state index is -0.405. The molecule has 0 unspecified atom stereocenters. The van der Waals surface area contributed by atoms with Crippen molar-refractivity contribution in [2.45, 2.75) is 11.8 Å². The number of aliphatic hydroxyl groups excluding tert-OH is 1. The molecule has 3 N–H and O–H groups in total. The molecule has 0 aliphatic heterocycles. The van der Waals surface area contributed by atoms with Crippen LogP contribution < -0.4 is 10.1 Å². The van der Waals surface area contributed by atoms with Crippen LogP contribution in [0.2, 0.25) is 0 Å². The average molecular weight is 389 g/mol. The monoisotopic (exact) mass is 389 g/mol. The number of nitrogens with two attached hydrogens (primary N) is 1. The van der Waals surface area contributed by atoms with Crippen molar-refractivity contribution in [2.24, 2.45) is 0 Å². The molecule has 2 aromatic carbocycles. The fourth-order valence-electron chi connectivity index (χ4n) is 2.50. The largest absolute Gasteiger partial charge is 0.483 e. The number of nitrogens with zero attached hydrogens (tertiary/aromatic N) is 3. The molecule has 3 aromatic rings. The summed E-state index contributed by atoms with van der Waals surface area (Å²) in [5.41, 5.74) is 0.927. The topological polar surface area (TPSA) is 76.8 Å². The van der Waals surface area contributed by atoms with Gasteiger partial charge in [0.25, 0.3) is 0 Å². The molecular formula is C19H22FN4O2S+. The first-order chi connectivity index (χ1) is 13.3. The molecule has 1 heterocycles. The number of hydrogen-bond donors (Lipinski definition) is 2. The maximum absolute atomic E-state index is 13.8. The molecule has 3 rings (SSSR count). The summed E-state index contributed by atoms with van der Waals surface area (Å²) in [6.45, 7) is 1.84. The van der Waals surface area contributed by atoms with Gasteiger partial charge in [0.05, 0.1) is 25.4 Å². The van der Waals surface area contributed by atoms with E-state index in [9.17, 15) is 4.39 Å². The van der Waals surface area contributed by atoms with Crippen molar-refractivity contribution in [3.63, 3.8) is 0 Å². The number of quaternary nitrogens is 1. The second-order valence-electron chi connectivity index (χ2n) is 5.73. The van der Waals surface area contributed by atoms with Gasteiger partial charge in [-0.3, -0.25) is 4.57 Å². The van der Waals surface area contributed by atoms with Crippen LogP contribution in [0.25, 0.3) is 5.69 Å². The number of rotatable bonds is 10. The summed E-state index contributed by atoms with van der Waals surface area (Å²) in [6, 6.07) is 16.1. The van der Waals surface area contributed by atoms with E-state index in [4.69, 9.17) is 9.84 Å². The Morgan fingerprint density at radius 3 is 2.59 bits per heavy atom. The van der Waals surface area contributed by atoms with Crippen LogP contribution in [-0.2, 0) is 6.61 Å². The molecule has 0 amide bonds. The Morgan fingerprint density at radius 1 is 1.04 bits per heavy atom. The molecule has 1 aromatic heterocycles. The first-order valence-corrected chi connectivity index (χ1v) is 9.70. The summed E-state index contributed by atoms with van der Waals surface area (Å²) < 4.78 is 21.3. The van der Waals surface area contributed by atoms with Crippen LogP contribution in [0.15, 0.2) is 59.8 Å². The van der Waals surface area contributed by atoms with Gasteiger partial charge in [0.2, 0.25) is 0 Å². The molecule has 0 saturated heterocycles. The first-order valence-electron chi connectivity index (χ1n) is 8.72. The number of hydrogen-bond acceptors (Lipinski definition) is 5. The lowest BCUT2D eigenvalue weighted by molar-refractivity contribution is -0.651. The Hall–Kier alpha value is -2.42. The third-order valence-electron chi connectivity index (χ3n) is 3.79. The van der Waals surface area contributed by atoms with Gasteiger partial charge in [0, 0.05) is 5.69 Å². The van der Waals surface area contributed by atoms with Gasteiger partial charge < -0.3 is 15.2 Å². The van der Waals surface area contributed by atoms with Gasteiger partial charge in [-0.25, -0.2) is 4.39 Å². The van der Waals surface area contributed by atoms with E-state index in [0.717, 1.165) is 23.1 Å². The van der Waals surface area contributed by atoms with Crippen LogP contribution >= 0.6 is 11.8 Å². The fraction of sp³-hybridized carbons (Fsp3) is 0.263. The van der Waals surface area contributed by atoms with E-state index in [1.807, 2.05) is 34.9 Å². The van der Waals surface area contributed by atoms with E-state index < -0.39 is 5.82 Å². The quantitative estimate of drug-likeness (QED) is 0.407. The van der Waals surface area contributed by atoms with E-state index in [0.29, 0.717) is 12.4 Å². The van der Waals surface area contributed by atoms with Gasteiger partial charge >= 0.3 is 0 Å². The highest BCUT2D eigenvalue weighted by molar-refractivity contribution is 7.99. The second-order valence-corrected chi connectivity index (χ2v) is 6.79. The van der Waals surface area contributed by atoms with Crippen molar-refractivity contribution in [1.29, 1.82) is 0 Å². The maximum Gasteiger partial charge on any atom is 0.196 e. The van der Waals surface area contributed by atoms with E-state index in [2.05, 4.69) is 15.5 Å². The molecule has 0 bridgehead atoms. The second kappa shape index (κ2) is 10.1. The Morgan fingerprint density at radius 2 is 1.81 bits per heavy atom. The Balaban J connectivity index is 1.76. The minimum Gasteiger partial charge on any atom is -0.483 e. The van der Waals surface area contributed by atoms with Crippen LogP contribution in [0.1, 0.15) is 5.82 Å². The van der Waals surface area contributed by atoms with Crippen molar-refractivity contribution in [3.8, 4) is 11.4 Å². The Bertz CT molecular complexity index is 845. The lowest BCUT2D eigenvalue weighted by Gasteiger charge is -2.11. The summed E-state index contributed by atoms with van der Waals surface area (Å²) >= 11 is 1.58. The molecule has 0 saturated carbocycles. The molecule has 27 heavy (non-hydrogen) atoms. The van der Waals surface area contributed by atoms with Gasteiger partial charge in [0.15, 0.2) is 22.5 Å². The number of aliphatic hydroxyl groups is 1. The number of aromatic nitrogens is 3. The van der Waals surface area contributed by atoms with Crippen molar-refractivity contribution >= 4 is 11.8 Å². The van der Waals surface area contributed by atoms with Crippen molar-refractivity contribution < 1.29 is 19.6 Å². The lowest BCUT2D eigenvalue weighted by Crippen LogP contribution is -2.85. The molecule has 0 aliphatic rings. The SMILES string of the molecule is OCC[NH2+]CCSc1nnc(COc2ccccc2F)n1-c1ccccc1. The van der Waals surface area contributed by atoms with Gasteiger partial charge in [-0.2, -0.15) is 0 Å². The highest BCUT2D eigenvalue weighted by atomic mass is 32.2. The zero-order valence-electron chi connectivity index (χ0n) is 14.8. The van der Waals surface area contributed by atoms with Crippen LogP contribution in [0, 0.1) is 5.82 Å². The standard InChI is InChI=1S/C19H21FN4O2S/c20-16-8-4-5-9-17(16)26-14-18-22-23-19(27-13-11-21-10-12-25)24(18)15-6-2-1-3-7-15/h1-9,21,25H,10-14H2/p+1. The predicted octanol–water partition coefficient (Wildman–Crippen LogP) is 1.63. The van der Waals surface area contributed by atoms with E-state index in [1.165, 1.54) is 6.07 Å². The summed E-state index contributed by atoms with van der Waals surface area (Å²) in [6.07, 6.45) is 0. The van der Waals surface area contributed by atoms with Crippen molar-refractivity contribution in [2.75, 3.05) is 25.4 Å². The Kier molecular flexibility index (Phi) is 7.20. The molecule has 0 aliphatic carbocycles. The third kappa shape index (κ3) is 5.29. The lowest BCUT2D eigenvalue weighted by atomic mass is 10.3. The number of ether oxygens (including phenoxy) is 1. The van der Waals surface area contributed by atoms with E-state index in [1.54, 1.807) is 30.0 Å². The van der Waals surface area contributed by atoms with Crippen LogP contribution in [-0.4, -0.2) is 45.3 Å². The molecular weight excluding hydrogens is 367 g/mol. The zero-order chi connectivity index (χ0) is 18.9. The number of halogens is 1. The van der Waals surface area contributed by atoms with Gasteiger partial charge in [0.1, 0.15) is 6.61 Å². The van der Waals surface area contributed by atoms with Crippen LogP contribution in [0.5, 0.6) is 5.75 Å². The normalized spacial score (nSPS) is 10.9. The third-order valence-corrected chi connectivity index (χ3v) is 4.76. The molecule has 0 fully saturated rings. The van der Waals surface area contributed by atoms with Gasteiger partial charge in [-0.05, 0) is 24.3 Å². The van der Waals surface area contributed by atoms with E-state index >= 15 is 0 Å². The molecule has 8 heteroatoms. The van der Waals surface area contributed by atoms with Crippen LogP contribution in [0.4, 0.5) is 4.39 Å². The summed E-state index contributed by atoms with van der Waals surface area (Å²) in [5.74, 6) is 1.22. The highest BCUT2D eigenvalue weighted by Crippen LogP contribution is 2.23. The summed E-state index contributed by atoms with van der Waals surface area (Å²) in [4.78, 5) is 0. The van der Waals surface area contributed by atoms with Gasteiger partial charge in [-0.15, -0.1) is 10.2 Å². The van der Waals surface area contributed by atoms with Crippen molar-refractivity contribution in [3.05, 3.63) is 66.2 Å². The average Bonchev–Trinajstić information content (AvgIpc) is 3.10. The minimum absolute atomic E-state index is 0.111. The molecule has 6 nitrogen and oxygen atoms in total. The molecule has 0 radical (unpaired) electrons.